The van der Waals surface area contributed by atoms with Crippen molar-refractivity contribution >= 4 is 0 Å². The van der Waals surface area contributed by atoms with Gasteiger partial charge in [-0.25, -0.2) is 14.4 Å². The fraction of sp³-hybridized carbons (Fsp3) is 0. The summed E-state index contributed by atoms with van der Waals surface area (Å²) < 4.78 is 12.9. The van der Waals surface area contributed by atoms with E-state index in [4.69, 9.17) is 5.26 Å². The Hall–Kier alpha value is -2.28. The molecule has 15 heavy (non-hydrogen) atoms. The lowest BCUT2D eigenvalue weighted by molar-refractivity contribution is 0.628. The molecule has 0 fully saturated rings. The van der Waals surface area contributed by atoms with Gasteiger partial charge in [0.25, 0.3) is 0 Å². The van der Waals surface area contributed by atoms with E-state index in [0.29, 0.717) is 11.3 Å². The van der Waals surface area contributed by atoms with Crippen molar-refractivity contribution in [3.63, 3.8) is 0 Å². The van der Waals surface area contributed by atoms with Crippen LogP contribution < -0.4 is 0 Å². The molecule has 2 rings (SSSR count). The van der Waals surface area contributed by atoms with Gasteiger partial charge in [-0.05, 0) is 18.2 Å². The predicted molar refractivity (Wildman–Crippen MR) is 52.1 cm³/mol. The van der Waals surface area contributed by atoms with Crippen LogP contribution in [0.3, 0.4) is 0 Å². The third-order valence-electron chi connectivity index (χ3n) is 1.88. The first-order valence-corrected chi connectivity index (χ1v) is 4.28. The smallest absolute Gasteiger partial charge is 0.227 e. The van der Waals surface area contributed by atoms with Crippen LogP contribution in [-0.2, 0) is 0 Å². The Kier molecular flexibility index (Phi) is 2.38. The molecule has 0 saturated heterocycles. The lowest BCUT2D eigenvalue weighted by Gasteiger charge is -1.99. The van der Waals surface area contributed by atoms with Crippen LogP contribution in [0.4, 0.5) is 4.39 Å². The molecule has 3 nitrogen and oxygen atoms in total. The highest BCUT2D eigenvalue weighted by Crippen LogP contribution is 2.16. The summed E-state index contributed by atoms with van der Waals surface area (Å²) in [7, 11) is 0. The van der Waals surface area contributed by atoms with E-state index in [9.17, 15) is 4.39 Å². The van der Waals surface area contributed by atoms with Crippen molar-refractivity contribution in [2.75, 3.05) is 0 Å². The van der Waals surface area contributed by atoms with Gasteiger partial charge in [-0.15, -0.1) is 0 Å². The molecule has 2 aromatic rings. The second-order valence-electron chi connectivity index (χ2n) is 2.89. The van der Waals surface area contributed by atoms with Crippen molar-refractivity contribution in [3.8, 4) is 17.3 Å². The Balaban J connectivity index is 2.50. The van der Waals surface area contributed by atoms with Gasteiger partial charge >= 0.3 is 0 Å². The highest BCUT2D eigenvalue weighted by molar-refractivity contribution is 5.58. The number of halogens is 1. The fourth-order valence-electron chi connectivity index (χ4n) is 1.22. The number of rotatable bonds is 1. The molecular formula is C11H6FN3. The van der Waals surface area contributed by atoms with Crippen molar-refractivity contribution in [1.82, 2.24) is 9.97 Å². The second-order valence-corrected chi connectivity index (χ2v) is 2.89. The van der Waals surface area contributed by atoms with Crippen LogP contribution in [-0.4, -0.2) is 9.97 Å². The topological polar surface area (TPSA) is 49.6 Å². The lowest BCUT2D eigenvalue weighted by atomic mass is 10.1. The average molecular weight is 199 g/mol. The molecule has 0 N–H and O–H groups in total. The normalized spacial score (nSPS) is 9.60. The molecule has 0 saturated carbocycles. The molecular weight excluding hydrogens is 193 g/mol. The monoisotopic (exact) mass is 199 g/mol. The van der Waals surface area contributed by atoms with E-state index in [1.54, 1.807) is 18.2 Å². The fourth-order valence-corrected chi connectivity index (χ4v) is 1.22. The quantitative estimate of drug-likeness (QED) is 0.707. The molecule has 0 amide bonds. The Bertz CT molecular complexity index is 531. The summed E-state index contributed by atoms with van der Waals surface area (Å²) in [4.78, 5) is 7.70. The van der Waals surface area contributed by atoms with Gasteiger partial charge in [-0.2, -0.15) is 5.26 Å². The molecule has 0 unspecified atom stereocenters. The summed E-state index contributed by atoms with van der Waals surface area (Å²) in [6.45, 7) is 0. The third-order valence-corrected chi connectivity index (χ3v) is 1.88. The minimum Gasteiger partial charge on any atom is -0.227 e. The summed E-state index contributed by atoms with van der Waals surface area (Å²) in [5, 5.41) is 8.61. The average Bonchev–Trinajstić information content (AvgIpc) is 2.29. The van der Waals surface area contributed by atoms with Crippen molar-refractivity contribution in [3.05, 3.63) is 48.2 Å². The molecule has 0 aliphatic carbocycles. The van der Waals surface area contributed by atoms with E-state index in [0.717, 1.165) is 0 Å². The molecule has 1 aromatic heterocycles. The van der Waals surface area contributed by atoms with Crippen molar-refractivity contribution in [2.24, 2.45) is 0 Å². The van der Waals surface area contributed by atoms with Crippen LogP contribution in [0.15, 0.2) is 36.5 Å². The van der Waals surface area contributed by atoms with E-state index < -0.39 is 0 Å². The van der Waals surface area contributed by atoms with Gasteiger partial charge in [0.1, 0.15) is 11.9 Å². The second kappa shape index (κ2) is 3.84. The first-order chi connectivity index (χ1) is 7.29. The highest BCUT2D eigenvalue weighted by atomic mass is 19.1. The zero-order chi connectivity index (χ0) is 10.7. The number of nitrogens with zero attached hydrogens (tertiary/aromatic N) is 3. The minimum absolute atomic E-state index is 0.0803. The molecule has 0 aliphatic heterocycles. The number of benzene rings is 1. The zero-order valence-electron chi connectivity index (χ0n) is 7.68. The van der Waals surface area contributed by atoms with Gasteiger partial charge in [-0.3, -0.25) is 0 Å². The van der Waals surface area contributed by atoms with Crippen LogP contribution >= 0.6 is 0 Å². The maximum absolute atomic E-state index is 12.9. The van der Waals surface area contributed by atoms with Gasteiger partial charge in [0.05, 0.1) is 5.69 Å². The van der Waals surface area contributed by atoms with Crippen LogP contribution in [0.2, 0.25) is 0 Å². The van der Waals surface area contributed by atoms with E-state index in [-0.39, 0.29) is 11.6 Å². The number of nitriles is 1. The van der Waals surface area contributed by atoms with E-state index in [2.05, 4.69) is 9.97 Å². The molecule has 0 radical (unpaired) electrons. The van der Waals surface area contributed by atoms with E-state index >= 15 is 0 Å². The van der Waals surface area contributed by atoms with E-state index in [1.165, 1.54) is 18.3 Å². The van der Waals surface area contributed by atoms with Crippen LogP contribution in [0.5, 0.6) is 0 Å². The minimum atomic E-state index is -0.329. The molecule has 72 valence electrons. The largest absolute Gasteiger partial charge is 0.232 e. The van der Waals surface area contributed by atoms with Gasteiger partial charge in [0.2, 0.25) is 5.82 Å². The summed E-state index contributed by atoms with van der Waals surface area (Å²) >= 11 is 0. The predicted octanol–water partition coefficient (Wildman–Crippen LogP) is 2.15. The zero-order valence-corrected chi connectivity index (χ0v) is 7.68. The standard InChI is InChI=1S/C11H6FN3/c12-9-3-1-2-8(6-9)10-4-5-14-11(7-13)15-10/h1-6H. The first-order valence-electron chi connectivity index (χ1n) is 4.28. The molecule has 0 bridgehead atoms. The molecule has 1 aromatic carbocycles. The Morgan fingerprint density at radius 1 is 1.27 bits per heavy atom. The number of aromatic nitrogens is 2. The summed E-state index contributed by atoms with van der Waals surface area (Å²) in [6, 6.07) is 9.52. The lowest BCUT2D eigenvalue weighted by Crippen LogP contribution is -1.91. The van der Waals surface area contributed by atoms with Gasteiger partial charge in [0.15, 0.2) is 0 Å². The summed E-state index contributed by atoms with van der Waals surface area (Å²) in [5.74, 6) is -0.249. The molecule has 0 atom stereocenters. The number of hydrogen-bond donors (Lipinski definition) is 0. The third kappa shape index (κ3) is 1.97. The van der Waals surface area contributed by atoms with Crippen molar-refractivity contribution in [1.29, 1.82) is 5.26 Å². The summed E-state index contributed by atoms with van der Waals surface area (Å²) in [5.41, 5.74) is 1.18. The Labute approximate surface area is 85.9 Å². The molecule has 0 spiro atoms. The molecule has 4 heteroatoms. The van der Waals surface area contributed by atoms with Crippen LogP contribution in [0, 0.1) is 17.1 Å². The van der Waals surface area contributed by atoms with Gasteiger partial charge in [-0.1, -0.05) is 12.1 Å². The highest BCUT2D eigenvalue weighted by Gasteiger charge is 2.02. The molecule has 1 heterocycles. The van der Waals surface area contributed by atoms with Crippen molar-refractivity contribution in [2.45, 2.75) is 0 Å². The van der Waals surface area contributed by atoms with Gasteiger partial charge < -0.3 is 0 Å². The maximum Gasteiger partial charge on any atom is 0.232 e. The van der Waals surface area contributed by atoms with Crippen LogP contribution in [0.1, 0.15) is 5.82 Å². The maximum atomic E-state index is 12.9. The summed E-state index contributed by atoms with van der Waals surface area (Å²) in [6.07, 6.45) is 1.48. The SMILES string of the molecule is N#Cc1nccc(-c2cccc(F)c2)n1. The van der Waals surface area contributed by atoms with E-state index in [1.807, 2.05) is 6.07 Å². The van der Waals surface area contributed by atoms with Gasteiger partial charge in [0, 0.05) is 11.8 Å². The molecule has 0 aliphatic rings. The Morgan fingerprint density at radius 3 is 2.87 bits per heavy atom. The van der Waals surface area contributed by atoms with Crippen LogP contribution in [0.25, 0.3) is 11.3 Å². The number of hydrogen-bond acceptors (Lipinski definition) is 3. The van der Waals surface area contributed by atoms with Crippen molar-refractivity contribution < 1.29 is 4.39 Å². The Morgan fingerprint density at radius 2 is 2.13 bits per heavy atom. The first kappa shape index (κ1) is 9.28.